The maximum absolute atomic E-state index is 12.9. The lowest BCUT2D eigenvalue weighted by Gasteiger charge is -2.39. The van der Waals surface area contributed by atoms with Gasteiger partial charge in [-0.1, -0.05) is 0 Å². The van der Waals surface area contributed by atoms with E-state index < -0.39 is 11.5 Å². The van der Waals surface area contributed by atoms with Crippen molar-refractivity contribution in [3.05, 3.63) is 57.8 Å². The molecule has 1 aromatic carbocycles. The number of hydrogen-bond donors (Lipinski definition) is 1. The molecule has 2 heterocycles. The van der Waals surface area contributed by atoms with Gasteiger partial charge in [0.25, 0.3) is 11.5 Å². The van der Waals surface area contributed by atoms with Gasteiger partial charge in [-0.15, -0.1) is 0 Å². The van der Waals surface area contributed by atoms with E-state index in [1.807, 2.05) is 13.0 Å². The molecule has 8 heteroatoms. The number of carbonyl (C=O) groups excluding carboxylic acids is 2. The Morgan fingerprint density at radius 1 is 1.25 bits per heavy atom. The third-order valence-electron chi connectivity index (χ3n) is 5.17. The van der Waals surface area contributed by atoms with E-state index in [1.54, 1.807) is 29.2 Å². The second-order valence-corrected chi connectivity index (χ2v) is 7.23. The minimum Gasteiger partial charge on any atom is -0.325 e. The molecule has 2 aliphatic rings. The SMILES string of the molecule is C[C@@H]1CN(c2ccc(C#N)cc2)C(=O)CN1C(=O)c1cnc(C2CC2)[nH]c1=O. The van der Waals surface area contributed by atoms with Crippen LogP contribution in [0.4, 0.5) is 5.69 Å². The number of anilines is 1. The highest BCUT2D eigenvalue weighted by Gasteiger charge is 2.35. The lowest BCUT2D eigenvalue weighted by atomic mass is 10.1. The average Bonchev–Trinajstić information content (AvgIpc) is 3.54. The van der Waals surface area contributed by atoms with E-state index in [0.717, 1.165) is 12.8 Å². The van der Waals surface area contributed by atoms with Gasteiger partial charge in [-0.2, -0.15) is 5.26 Å². The van der Waals surface area contributed by atoms with E-state index in [4.69, 9.17) is 5.26 Å². The molecule has 28 heavy (non-hydrogen) atoms. The van der Waals surface area contributed by atoms with Crippen LogP contribution in [0.15, 0.2) is 35.3 Å². The second kappa shape index (κ2) is 6.93. The summed E-state index contributed by atoms with van der Waals surface area (Å²) < 4.78 is 0. The van der Waals surface area contributed by atoms with Gasteiger partial charge in [0.1, 0.15) is 17.9 Å². The monoisotopic (exact) mass is 377 g/mol. The van der Waals surface area contributed by atoms with Crippen LogP contribution in [0.3, 0.4) is 0 Å². The van der Waals surface area contributed by atoms with Crippen LogP contribution in [-0.2, 0) is 4.79 Å². The fourth-order valence-electron chi connectivity index (χ4n) is 3.37. The summed E-state index contributed by atoms with van der Waals surface area (Å²) in [5, 5.41) is 8.90. The number of nitrogens with one attached hydrogen (secondary N) is 1. The van der Waals surface area contributed by atoms with E-state index in [0.29, 0.717) is 23.6 Å². The van der Waals surface area contributed by atoms with Crippen LogP contribution >= 0.6 is 0 Å². The summed E-state index contributed by atoms with van der Waals surface area (Å²) in [6.45, 7) is 2.02. The largest absolute Gasteiger partial charge is 0.325 e. The van der Waals surface area contributed by atoms with Crippen molar-refractivity contribution in [1.82, 2.24) is 14.9 Å². The van der Waals surface area contributed by atoms with Crippen LogP contribution in [0.1, 0.15) is 47.4 Å². The predicted octanol–water partition coefficient (Wildman–Crippen LogP) is 1.40. The number of benzene rings is 1. The van der Waals surface area contributed by atoms with Crippen molar-refractivity contribution in [2.24, 2.45) is 0 Å². The molecule has 0 spiro atoms. The van der Waals surface area contributed by atoms with Gasteiger partial charge >= 0.3 is 0 Å². The van der Waals surface area contributed by atoms with Crippen molar-refractivity contribution in [3.8, 4) is 6.07 Å². The quantitative estimate of drug-likeness (QED) is 0.869. The molecule has 1 aliphatic heterocycles. The van der Waals surface area contributed by atoms with Gasteiger partial charge in [0.15, 0.2) is 0 Å². The molecule has 0 bridgehead atoms. The first-order chi connectivity index (χ1) is 13.5. The number of aromatic nitrogens is 2. The van der Waals surface area contributed by atoms with Crippen molar-refractivity contribution >= 4 is 17.5 Å². The third kappa shape index (κ3) is 3.27. The Morgan fingerprint density at radius 3 is 2.57 bits per heavy atom. The number of nitrogens with zero attached hydrogens (tertiary/aromatic N) is 4. The molecule has 8 nitrogen and oxygen atoms in total. The minimum atomic E-state index is -0.489. The van der Waals surface area contributed by atoms with Gasteiger partial charge in [0.2, 0.25) is 5.91 Å². The number of rotatable bonds is 3. The maximum Gasteiger partial charge on any atom is 0.263 e. The molecule has 0 radical (unpaired) electrons. The zero-order valence-electron chi connectivity index (χ0n) is 15.4. The van der Waals surface area contributed by atoms with E-state index >= 15 is 0 Å². The standard InChI is InChI=1S/C20H19N5O3/c1-12-10-25(15-6-2-13(8-21)3-7-15)17(26)11-24(12)20(28)16-9-22-18(14-4-5-14)23-19(16)27/h2-3,6-7,9,12,14H,4-5,10-11H2,1H3,(H,22,23,27)/t12-/m1/s1. The van der Waals surface area contributed by atoms with Crippen LogP contribution < -0.4 is 10.5 Å². The van der Waals surface area contributed by atoms with Gasteiger partial charge < -0.3 is 14.8 Å². The molecule has 4 rings (SSSR count). The van der Waals surface area contributed by atoms with Crippen LogP contribution in [0.2, 0.25) is 0 Å². The van der Waals surface area contributed by atoms with Crippen LogP contribution in [-0.4, -0.2) is 45.8 Å². The molecular formula is C20H19N5O3. The predicted molar refractivity (Wildman–Crippen MR) is 101 cm³/mol. The Labute approximate surface area is 161 Å². The smallest absolute Gasteiger partial charge is 0.263 e. The summed E-state index contributed by atoms with van der Waals surface area (Å²) >= 11 is 0. The van der Waals surface area contributed by atoms with Crippen molar-refractivity contribution in [2.45, 2.75) is 31.7 Å². The highest BCUT2D eigenvalue weighted by atomic mass is 16.2. The van der Waals surface area contributed by atoms with Gasteiger partial charge in [0.05, 0.1) is 11.6 Å². The lowest BCUT2D eigenvalue weighted by Crippen LogP contribution is -2.57. The summed E-state index contributed by atoms with van der Waals surface area (Å²) in [5.74, 6) is 0.177. The van der Waals surface area contributed by atoms with E-state index in [1.165, 1.54) is 11.1 Å². The first-order valence-electron chi connectivity index (χ1n) is 9.18. The Balaban J connectivity index is 1.52. The molecule has 1 saturated carbocycles. The normalized spacial score (nSPS) is 19.4. The van der Waals surface area contributed by atoms with Gasteiger partial charge in [0, 0.05) is 30.4 Å². The lowest BCUT2D eigenvalue weighted by molar-refractivity contribution is -0.121. The summed E-state index contributed by atoms with van der Waals surface area (Å²) in [6, 6.07) is 8.50. The molecule has 1 atom stereocenters. The van der Waals surface area contributed by atoms with Crippen molar-refractivity contribution in [2.75, 3.05) is 18.0 Å². The molecule has 1 N–H and O–H groups in total. The first kappa shape index (κ1) is 17.9. The van der Waals surface area contributed by atoms with Crippen molar-refractivity contribution in [1.29, 1.82) is 5.26 Å². The Hall–Kier alpha value is -3.47. The summed E-state index contributed by atoms with van der Waals surface area (Å²) in [7, 11) is 0. The van der Waals surface area contributed by atoms with Crippen LogP contribution in [0.25, 0.3) is 0 Å². The van der Waals surface area contributed by atoms with Crippen LogP contribution in [0.5, 0.6) is 0 Å². The molecule has 1 aromatic heterocycles. The number of aromatic amines is 1. The molecule has 1 aliphatic carbocycles. The van der Waals surface area contributed by atoms with Crippen molar-refractivity contribution in [3.63, 3.8) is 0 Å². The number of carbonyl (C=O) groups is 2. The molecule has 0 unspecified atom stereocenters. The third-order valence-corrected chi connectivity index (χ3v) is 5.17. The number of nitriles is 1. The number of hydrogen-bond acceptors (Lipinski definition) is 5. The molecule has 2 fully saturated rings. The Bertz CT molecular complexity index is 1030. The van der Waals surface area contributed by atoms with Gasteiger partial charge in [-0.3, -0.25) is 14.4 Å². The zero-order valence-corrected chi connectivity index (χ0v) is 15.4. The molecule has 2 aromatic rings. The minimum absolute atomic E-state index is 0.0455. The average molecular weight is 377 g/mol. The fraction of sp³-hybridized carbons (Fsp3) is 0.350. The summed E-state index contributed by atoms with van der Waals surface area (Å²) in [5.41, 5.74) is 0.683. The molecule has 1 saturated heterocycles. The van der Waals surface area contributed by atoms with Gasteiger partial charge in [-0.05, 0) is 44.0 Å². The number of amides is 2. The topological polar surface area (TPSA) is 110 Å². The van der Waals surface area contributed by atoms with Crippen LogP contribution in [0, 0.1) is 11.3 Å². The highest BCUT2D eigenvalue weighted by molar-refractivity contribution is 6.01. The zero-order chi connectivity index (χ0) is 19.8. The summed E-state index contributed by atoms with van der Waals surface area (Å²) in [6.07, 6.45) is 3.32. The number of H-pyrrole nitrogens is 1. The Kier molecular flexibility index (Phi) is 4.43. The first-order valence-corrected chi connectivity index (χ1v) is 9.18. The second-order valence-electron chi connectivity index (χ2n) is 7.23. The summed E-state index contributed by atoms with van der Waals surface area (Å²) in [4.78, 5) is 47.7. The van der Waals surface area contributed by atoms with Crippen molar-refractivity contribution < 1.29 is 9.59 Å². The molecular weight excluding hydrogens is 358 g/mol. The maximum atomic E-state index is 12.9. The van der Waals surface area contributed by atoms with E-state index in [-0.39, 0.29) is 30.0 Å². The Morgan fingerprint density at radius 2 is 1.96 bits per heavy atom. The van der Waals surface area contributed by atoms with E-state index in [9.17, 15) is 14.4 Å². The molecule has 2 amide bonds. The fourth-order valence-corrected chi connectivity index (χ4v) is 3.37. The highest BCUT2D eigenvalue weighted by Crippen LogP contribution is 2.37. The molecule has 142 valence electrons. The van der Waals surface area contributed by atoms with Gasteiger partial charge in [-0.25, -0.2) is 4.98 Å². The van der Waals surface area contributed by atoms with E-state index in [2.05, 4.69) is 9.97 Å². The number of piperazine rings is 1.